The Morgan fingerprint density at radius 1 is 0.806 bits per heavy atom. The summed E-state index contributed by atoms with van der Waals surface area (Å²) in [5.74, 6) is -1.05. The molecule has 36 heavy (non-hydrogen) atoms. The van der Waals surface area contributed by atoms with Crippen LogP contribution in [-0.4, -0.2) is 26.2 Å². The number of fused-ring (bicyclic) bond motifs is 2. The highest BCUT2D eigenvalue weighted by molar-refractivity contribution is 6.09. The summed E-state index contributed by atoms with van der Waals surface area (Å²) in [7, 11) is 0. The number of amides is 2. The van der Waals surface area contributed by atoms with Gasteiger partial charge in [0.15, 0.2) is 5.69 Å². The van der Waals surface area contributed by atoms with Crippen molar-refractivity contribution in [3.8, 4) is 0 Å². The van der Waals surface area contributed by atoms with E-state index in [0.717, 1.165) is 16.5 Å². The van der Waals surface area contributed by atoms with Crippen LogP contribution in [0.1, 0.15) is 39.8 Å². The maximum Gasteiger partial charge on any atom is 0.290 e. The number of rotatable bonds is 6. The first-order valence-corrected chi connectivity index (χ1v) is 11.8. The third-order valence-electron chi connectivity index (χ3n) is 6.04. The van der Waals surface area contributed by atoms with Crippen molar-refractivity contribution < 1.29 is 9.59 Å². The number of aromatic nitrogens is 3. The Morgan fingerprint density at radius 3 is 2.19 bits per heavy atom. The van der Waals surface area contributed by atoms with Crippen molar-refractivity contribution in [3.05, 3.63) is 112 Å². The number of hydrogen-bond acceptors (Lipinski definition) is 4. The maximum absolute atomic E-state index is 13.1. The van der Waals surface area contributed by atoms with Gasteiger partial charge in [0.05, 0.1) is 10.9 Å². The highest BCUT2D eigenvalue weighted by Gasteiger charge is 2.19. The molecule has 0 aliphatic rings. The highest BCUT2D eigenvalue weighted by atomic mass is 16.2. The van der Waals surface area contributed by atoms with Crippen LogP contribution in [0.5, 0.6) is 0 Å². The van der Waals surface area contributed by atoms with Crippen molar-refractivity contribution >= 4 is 33.5 Å². The van der Waals surface area contributed by atoms with E-state index in [4.69, 9.17) is 0 Å². The lowest BCUT2D eigenvalue weighted by atomic mass is 10.1. The van der Waals surface area contributed by atoms with E-state index in [1.165, 1.54) is 4.68 Å². The molecule has 0 aliphatic heterocycles. The molecule has 8 nitrogen and oxygen atoms in total. The van der Waals surface area contributed by atoms with Gasteiger partial charge in [-0.1, -0.05) is 73.7 Å². The fourth-order valence-corrected chi connectivity index (χ4v) is 4.34. The van der Waals surface area contributed by atoms with E-state index in [-0.39, 0.29) is 11.3 Å². The lowest BCUT2D eigenvalue weighted by Gasteiger charge is -2.11. The normalized spacial score (nSPS) is 11.0. The van der Waals surface area contributed by atoms with Crippen molar-refractivity contribution in [1.29, 1.82) is 0 Å². The molecule has 3 aromatic carbocycles. The molecular formula is C28H25N5O3. The van der Waals surface area contributed by atoms with E-state index in [2.05, 4.69) is 16.0 Å². The third-order valence-corrected chi connectivity index (χ3v) is 6.04. The van der Waals surface area contributed by atoms with Crippen molar-refractivity contribution in [2.45, 2.75) is 26.4 Å². The van der Waals surface area contributed by atoms with Gasteiger partial charge in [-0.25, -0.2) is 4.68 Å². The zero-order valence-electron chi connectivity index (χ0n) is 19.8. The molecule has 8 heteroatoms. The minimum absolute atomic E-state index is 0.0745. The Labute approximate surface area is 207 Å². The van der Waals surface area contributed by atoms with Crippen molar-refractivity contribution in [2.24, 2.45) is 0 Å². The topological polar surface area (TPSA) is 98.0 Å². The predicted octanol–water partition coefficient (Wildman–Crippen LogP) is 3.88. The van der Waals surface area contributed by atoms with Gasteiger partial charge in [0.25, 0.3) is 17.4 Å². The molecule has 5 rings (SSSR count). The number of hydrogen-bond donors (Lipinski definition) is 2. The summed E-state index contributed by atoms with van der Waals surface area (Å²) < 4.78 is 3.30. The van der Waals surface area contributed by atoms with Crippen LogP contribution in [0.2, 0.25) is 0 Å². The summed E-state index contributed by atoms with van der Waals surface area (Å²) in [4.78, 5) is 38.9. The lowest BCUT2D eigenvalue weighted by Crippen LogP contribution is -2.42. The molecule has 2 aromatic heterocycles. The summed E-state index contributed by atoms with van der Waals surface area (Å²) >= 11 is 0. The van der Waals surface area contributed by atoms with E-state index in [1.54, 1.807) is 30.5 Å². The molecule has 5 aromatic rings. The maximum atomic E-state index is 13.1. The van der Waals surface area contributed by atoms with Gasteiger partial charge in [-0.2, -0.15) is 5.10 Å². The highest BCUT2D eigenvalue weighted by Crippen LogP contribution is 2.22. The van der Waals surface area contributed by atoms with Gasteiger partial charge >= 0.3 is 0 Å². The van der Waals surface area contributed by atoms with Crippen molar-refractivity contribution in [2.75, 3.05) is 0 Å². The van der Waals surface area contributed by atoms with E-state index in [9.17, 15) is 14.4 Å². The second kappa shape index (κ2) is 9.87. The van der Waals surface area contributed by atoms with E-state index in [0.29, 0.717) is 35.8 Å². The number of carbonyl (C=O) groups is 2. The second-order valence-corrected chi connectivity index (χ2v) is 8.50. The molecule has 2 heterocycles. The molecular weight excluding hydrogens is 454 g/mol. The van der Waals surface area contributed by atoms with Gasteiger partial charge in [-0.15, -0.1) is 0 Å². The van der Waals surface area contributed by atoms with Gasteiger partial charge in [-0.3, -0.25) is 25.2 Å². The molecule has 0 aliphatic carbocycles. The van der Waals surface area contributed by atoms with Gasteiger partial charge in [0.2, 0.25) is 0 Å². The zero-order valence-corrected chi connectivity index (χ0v) is 19.8. The van der Waals surface area contributed by atoms with Gasteiger partial charge < -0.3 is 4.57 Å². The Hall–Kier alpha value is -4.72. The van der Waals surface area contributed by atoms with Crippen LogP contribution in [0.15, 0.2) is 89.9 Å². The second-order valence-electron chi connectivity index (χ2n) is 8.50. The Bertz CT molecular complexity index is 1640. The number of para-hydroxylation sites is 1. The van der Waals surface area contributed by atoms with E-state index >= 15 is 0 Å². The minimum atomic E-state index is -0.600. The summed E-state index contributed by atoms with van der Waals surface area (Å²) in [5.41, 5.74) is 7.28. The fourth-order valence-electron chi connectivity index (χ4n) is 4.34. The molecule has 0 radical (unpaired) electrons. The Morgan fingerprint density at radius 2 is 1.44 bits per heavy atom. The average molecular weight is 480 g/mol. The van der Waals surface area contributed by atoms with Gasteiger partial charge in [0.1, 0.15) is 0 Å². The molecule has 0 spiro atoms. The van der Waals surface area contributed by atoms with Crippen LogP contribution in [0.4, 0.5) is 0 Å². The first-order valence-electron chi connectivity index (χ1n) is 11.8. The van der Waals surface area contributed by atoms with Crippen molar-refractivity contribution in [3.63, 3.8) is 0 Å². The van der Waals surface area contributed by atoms with Crippen LogP contribution < -0.4 is 16.4 Å². The number of aryl methyl sites for hydroxylation is 1. The molecule has 0 bridgehead atoms. The van der Waals surface area contributed by atoms with Crippen LogP contribution >= 0.6 is 0 Å². The Kier molecular flexibility index (Phi) is 6.32. The number of carbonyl (C=O) groups excluding carboxylic acids is 2. The van der Waals surface area contributed by atoms with Crippen LogP contribution in [0, 0.1) is 0 Å². The van der Waals surface area contributed by atoms with Crippen LogP contribution in [0.25, 0.3) is 21.7 Å². The van der Waals surface area contributed by atoms with Gasteiger partial charge in [0, 0.05) is 35.6 Å². The van der Waals surface area contributed by atoms with E-state index < -0.39 is 11.8 Å². The van der Waals surface area contributed by atoms with Crippen LogP contribution in [-0.2, 0) is 13.1 Å². The number of hydrazine groups is 1. The molecule has 180 valence electrons. The standard InChI is InChI=1S/C28H25N5O3/c1-2-16-33-28(36)22-14-7-6-13-21(22)25(31-33)27(35)30-29-26(34)23-18-32(17-19-10-4-3-5-11-19)24-15-9-8-12-20(23)24/h3-15,18H,2,16-17H2,1H3,(H,29,34)(H,30,35). The predicted molar refractivity (Wildman–Crippen MR) is 139 cm³/mol. The average Bonchev–Trinajstić information content (AvgIpc) is 3.28. The van der Waals surface area contributed by atoms with Gasteiger partial charge in [-0.05, 0) is 24.1 Å². The summed E-state index contributed by atoms with van der Waals surface area (Å²) in [6.07, 6.45) is 2.48. The molecule has 0 saturated heterocycles. The SMILES string of the molecule is CCCn1nc(C(=O)NNC(=O)c2cn(Cc3ccccc3)c3ccccc23)c2ccccc2c1=O. The molecule has 0 fully saturated rings. The number of nitrogens with zero attached hydrogens (tertiary/aromatic N) is 3. The number of nitrogens with one attached hydrogen (secondary N) is 2. The molecule has 0 saturated carbocycles. The summed E-state index contributed by atoms with van der Waals surface area (Å²) in [6.45, 7) is 2.92. The first kappa shape index (κ1) is 23.0. The third kappa shape index (κ3) is 4.36. The summed E-state index contributed by atoms with van der Waals surface area (Å²) in [5, 5.41) is 5.89. The first-order chi connectivity index (χ1) is 17.6. The van der Waals surface area contributed by atoms with E-state index in [1.807, 2.05) is 66.1 Å². The minimum Gasteiger partial charge on any atom is -0.342 e. The molecule has 2 amide bonds. The quantitative estimate of drug-likeness (QED) is 0.361. The summed E-state index contributed by atoms with van der Waals surface area (Å²) in [6, 6.07) is 24.4. The number of benzene rings is 3. The monoisotopic (exact) mass is 479 g/mol. The van der Waals surface area contributed by atoms with Crippen molar-refractivity contribution in [1.82, 2.24) is 25.2 Å². The van der Waals surface area contributed by atoms with Crippen LogP contribution in [0.3, 0.4) is 0 Å². The Balaban J connectivity index is 1.41. The zero-order chi connectivity index (χ0) is 25.1. The smallest absolute Gasteiger partial charge is 0.290 e. The molecule has 0 atom stereocenters. The molecule has 2 N–H and O–H groups in total. The lowest BCUT2D eigenvalue weighted by molar-refractivity contribution is 0.0844. The fraction of sp³-hybridized carbons (Fsp3) is 0.143. The molecule has 0 unspecified atom stereocenters. The largest absolute Gasteiger partial charge is 0.342 e.